The fourth-order valence-corrected chi connectivity index (χ4v) is 487. The van der Waals surface area contributed by atoms with Crippen LogP contribution in [0.15, 0.2) is 0 Å². The minimum atomic E-state index is -3.74. The van der Waals surface area contributed by atoms with Crippen LogP contribution >= 0.6 is 18.6 Å². The summed E-state index contributed by atoms with van der Waals surface area (Å²) in [4.78, 5) is 23.9. The van der Waals surface area contributed by atoms with Crippen LogP contribution < -0.4 is 7.60 Å². The zero-order valence-corrected chi connectivity index (χ0v) is 24.3. The third-order valence-electron chi connectivity index (χ3n) is 3.64. The van der Waals surface area contributed by atoms with Gasteiger partial charge in [0.05, 0.1) is 0 Å². The van der Waals surface area contributed by atoms with Crippen molar-refractivity contribution in [3.8, 4) is 0 Å². The Kier molecular flexibility index (Phi) is 10.7. The van der Waals surface area contributed by atoms with E-state index in [9.17, 15) is 9.59 Å². The van der Waals surface area contributed by atoms with Crippen molar-refractivity contribution in [3.05, 3.63) is 0 Å². The molecule has 0 radical (unpaired) electrons. The van der Waals surface area contributed by atoms with E-state index in [4.69, 9.17) is 18.6 Å². The van der Waals surface area contributed by atoms with Crippen LogP contribution in [0.1, 0.15) is 40.5 Å². The van der Waals surface area contributed by atoms with E-state index in [1.54, 1.807) is 0 Å². The van der Waals surface area contributed by atoms with E-state index in [2.05, 4.69) is 21.4 Å². The molecule has 1 heterocycles. The summed E-state index contributed by atoms with van der Waals surface area (Å²) in [5, 5.41) is 0. The van der Waals surface area contributed by atoms with E-state index >= 15 is 0 Å². The van der Waals surface area contributed by atoms with Gasteiger partial charge < -0.3 is 0 Å². The van der Waals surface area contributed by atoms with E-state index in [-0.39, 0.29) is 37.3 Å². The van der Waals surface area contributed by atoms with E-state index in [1.807, 2.05) is 13.8 Å². The van der Waals surface area contributed by atoms with Crippen LogP contribution in [0, 0.1) is 0 Å². The molecule has 0 unspecified atom stereocenters. The van der Waals surface area contributed by atoms with Crippen LogP contribution in [-0.2, 0) is 76.7 Å². The molecular formula is C10H22Cl2N2O2Ti6. The Morgan fingerprint density at radius 3 is 2.09 bits per heavy atom. The van der Waals surface area contributed by atoms with Gasteiger partial charge in [-0.25, -0.2) is 0 Å². The second-order valence-electron chi connectivity index (χ2n) is 5.36. The van der Waals surface area contributed by atoms with Crippen molar-refractivity contribution in [2.24, 2.45) is 0 Å². The first-order valence-corrected chi connectivity index (χ1v) is 39.6. The van der Waals surface area contributed by atoms with Crippen molar-refractivity contribution in [2.75, 3.05) is 0 Å². The third-order valence-corrected chi connectivity index (χ3v) is 212. The molecule has 122 valence electrons. The second kappa shape index (κ2) is 9.84. The number of halogens is 2. The van der Waals surface area contributed by atoms with E-state index in [0.29, 0.717) is 12.8 Å². The van der Waals surface area contributed by atoms with Gasteiger partial charge in [0.15, 0.2) is 0 Å². The summed E-state index contributed by atoms with van der Waals surface area (Å²) in [5.74, 6) is 0.233. The molecule has 0 atom stereocenters. The summed E-state index contributed by atoms with van der Waals surface area (Å²) in [5.41, 5.74) is 0. The molecule has 22 heavy (non-hydrogen) atoms. The monoisotopic (exact) mass is 560 g/mol. The molecule has 0 aromatic carbocycles. The van der Waals surface area contributed by atoms with Gasteiger partial charge in [-0.05, 0) is 0 Å². The average Bonchev–Trinajstić information content (AvgIpc) is 2.44. The Labute approximate surface area is 161 Å². The summed E-state index contributed by atoms with van der Waals surface area (Å²) < 4.78 is 9.23. The Morgan fingerprint density at radius 1 is 1.09 bits per heavy atom. The number of nitrogens with one attached hydrogen (secondary N) is 2. The number of carbonyl (C=O) groups excluding carboxylic acids is 2. The number of rotatable bonds is 6. The predicted molar refractivity (Wildman–Crippen MR) is 69.5 cm³/mol. The Morgan fingerprint density at radius 2 is 1.64 bits per heavy atom. The van der Waals surface area contributed by atoms with Gasteiger partial charge in [0.2, 0.25) is 0 Å². The normalized spacial score (nSPS) is 22.8. The first-order chi connectivity index (χ1) is 10.1. The average molecular weight is 560 g/mol. The Bertz CT molecular complexity index is 449. The quantitative estimate of drug-likeness (QED) is 0.491. The van der Waals surface area contributed by atoms with Gasteiger partial charge in [0.1, 0.15) is 0 Å². The SMILES string of the molecule is CCC(=O)[NH][Ti]1[Ti][Ti]([CH2]C)([CH2]C)[Ti][Ti]([Cl])([Cl])([NH]C(=O)CC)[Ti]1. The van der Waals surface area contributed by atoms with Crippen molar-refractivity contribution in [1.29, 1.82) is 0 Å². The third kappa shape index (κ3) is 7.08. The van der Waals surface area contributed by atoms with Crippen molar-refractivity contribution >= 4 is 30.4 Å². The molecule has 12 heteroatoms. The van der Waals surface area contributed by atoms with Crippen LogP contribution in [0.2, 0.25) is 9.45 Å². The summed E-state index contributed by atoms with van der Waals surface area (Å²) in [6.07, 6.45) is 1.01. The molecule has 0 aromatic rings. The van der Waals surface area contributed by atoms with E-state index < -0.39 is 41.7 Å². The van der Waals surface area contributed by atoms with Crippen molar-refractivity contribution in [2.45, 2.75) is 50.0 Å². The molecule has 1 aliphatic rings. The number of hydrogen-bond acceptors (Lipinski definition) is 2. The topological polar surface area (TPSA) is 58.2 Å². The molecule has 4 nitrogen and oxygen atoms in total. The van der Waals surface area contributed by atoms with E-state index in [1.165, 1.54) is 9.45 Å². The predicted octanol–water partition coefficient (Wildman–Crippen LogP) is 3.27. The molecule has 1 fully saturated rings. The van der Waals surface area contributed by atoms with Crippen molar-refractivity contribution in [3.63, 3.8) is 0 Å². The standard InChI is InChI=1S/2C3H7NO.2C2H5.2ClH.6Ti/c2*1-2-3(4)5;2*1-2;;;;;;;;/h2*2H2,1H3,(H2,4,5);2*1H2,2H3;2*1H;;;;;;/q;;;;;;;;;;+1;+3/p-4. The van der Waals surface area contributed by atoms with Gasteiger partial charge in [-0.2, -0.15) is 0 Å². The van der Waals surface area contributed by atoms with Crippen LogP contribution in [0.5, 0.6) is 0 Å². The molecule has 1 saturated heterocycles. The summed E-state index contributed by atoms with van der Waals surface area (Å²) in [6.45, 7) is 8.41. The number of carbonyl (C=O) groups is 2. The Balaban J connectivity index is 3.10. The van der Waals surface area contributed by atoms with Crippen LogP contribution in [0.4, 0.5) is 0 Å². The van der Waals surface area contributed by atoms with Crippen LogP contribution in [-0.4, -0.2) is 11.8 Å². The van der Waals surface area contributed by atoms with Gasteiger partial charge in [-0.1, -0.05) is 0 Å². The van der Waals surface area contributed by atoms with Gasteiger partial charge in [0.25, 0.3) is 0 Å². The maximum atomic E-state index is 12.0. The van der Waals surface area contributed by atoms with Crippen LogP contribution in [0.3, 0.4) is 0 Å². The van der Waals surface area contributed by atoms with Gasteiger partial charge >= 0.3 is 165 Å². The fourth-order valence-electron chi connectivity index (χ4n) is 2.26. The number of hydrogen-bond donors (Lipinski definition) is 2. The molecule has 1 aliphatic heterocycles. The molecule has 0 aromatic heterocycles. The van der Waals surface area contributed by atoms with E-state index in [0.717, 1.165) is 0 Å². The number of amides is 2. The molecule has 2 N–H and O–H groups in total. The second-order valence-corrected chi connectivity index (χ2v) is 104. The fraction of sp³-hybridized carbons (Fsp3) is 0.800. The zero-order chi connectivity index (χ0) is 17.0. The first kappa shape index (κ1) is 23.8. The summed E-state index contributed by atoms with van der Waals surface area (Å²) in [7, 11) is 8.69. The molecule has 0 aliphatic carbocycles. The molecule has 0 saturated carbocycles. The molecular weight excluding hydrogens is 538 g/mol. The zero-order valence-electron chi connectivity index (χ0n) is 13.4. The summed E-state index contributed by atoms with van der Waals surface area (Å²) >= 11 is -2.40. The van der Waals surface area contributed by atoms with Crippen LogP contribution in [0.25, 0.3) is 0 Å². The van der Waals surface area contributed by atoms with Gasteiger partial charge in [-0.3, -0.25) is 0 Å². The van der Waals surface area contributed by atoms with Crippen molar-refractivity contribution in [1.82, 2.24) is 7.60 Å². The molecule has 0 spiro atoms. The molecule has 0 bridgehead atoms. The van der Waals surface area contributed by atoms with Crippen molar-refractivity contribution < 1.29 is 76.7 Å². The summed E-state index contributed by atoms with van der Waals surface area (Å²) in [6, 6.07) is 0. The maximum absolute atomic E-state index is 12.0. The molecule has 1 rings (SSSR count). The van der Waals surface area contributed by atoms with Gasteiger partial charge in [0, 0.05) is 0 Å². The first-order valence-electron chi connectivity index (χ1n) is 7.53. The molecule has 2 amide bonds. The Hall–Kier alpha value is 3.81. The van der Waals surface area contributed by atoms with Gasteiger partial charge in [-0.15, -0.1) is 0 Å². The minimum absolute atomic E-state index is 0.0379.